The summed E-state index contributed by atoms with van der Waals surface area (Å²) in [5.74, 6) is 5.02. The van der Waals surface area contributed by atoms with E-state index in [4.69, 9.17) is 20.9 Å². The lowest BCUT2D eigenvalue weighted by atomic mass is 9.75. The van der Waals surface area contributed by atoms with Crippen LogP contribution in [0.5, 0.6) is 23.0 Å². The van der Waals surface area contributed by atoms with Crippen molar-refractivity contribution in [3.05, 3.63) is 105 Å². The highest BCUT2D eigenvalue weighted by Crippen LogP contribution is 2.49. The molecule has 6 rings (SSSR count). The maximum absolute atomic E-state index is 6.71. The lowest BCUT2D eigenvalue weighted by molar-refractivity contribution is 0.415. The van der Waals surface area contributed by atoms with E-state index in [0.29, 0.717) is 11.8 Å². The van der Waals surface area contributed by atoms with Crippen LogP contribution in [0.1, 0.15) is 133 Å². The smallest absolute Gasteiger partial charge is 0.134 e. The first-order valence-corrected chi connectivity index (χ1v) is 17.6. The van der Waals surface area contributed by atoms with Crippen LogP contribution >= 0.6 is 0 Å². The number of aryl methyl sites for hydroxylation is 2. The van der Waals surface area contributed by atoms with Crippen molar-refractivity contribution in [2.24, 2.45) is 0 Å². The van der Waals surface area contributed by atoms with Crippen LogP contribution in [0.25, 0.3) is 0 Å². The van der Waals surface area contributed by atoms with Gasteiger partial charge in [0.2, 0.25) is 0 Å². The zero-order valence-corrected chi connectivity index (χ0v) is 28.5. The number of hydrogen-bond donors (Lipinski definition) is 2. The van der Waals surface area contributed by atoms with Crippen molar-refractivity contribution in [1.29, 1.82) is 0 Å². The second-order valence-corrected chi connectivity index (χ2v) is 14.0. The third-order valence-corrected chi connectivity index (χ3v) is 10.8. The SMILES string of the molecule is Cc1cc(C(C)c2cc(C)c(Oc3ccc(N)cc3)c(C3CCCCC3)c2C)c(C)c(C2CCCCC2)c1Oc1ccc(N)cc1. The predicted molar refractivity (Wildman–Crippen MR) is 193 cm³/mol. The van der Waals surface area contributed by atoms with E-state index in [1.807, 2.05) is 48.5 Å². The second kappa shape index (κ2) is 13.8. The van der Waals surface area contributed by atoms with Crippen LogP contribution in [-0.2, 0) is 0 Å². The Morgan fingerprint density at radius 2 is 0.891 bits per heavy atom. The molecule has 4 nitrogen and oxygen atoms in total. The van der Waals surface area contributed by atoms with Gasteiger partial charge in [-0.2, -0.15) is 0 Å². The van der Waals surface area contributed by atoms with Crippen LogP contribution in [0.2, 0.25) is 0 Å². The lowest BCUT2D eigenvalue weighted by Gasteiger charge is -2.32. The molecule has 2 aliphatic rings. The zero-order chi connectivity index (χ0) is 32.4. The third kappa shape index (κ3) is 6.63. The van der Waals surface area contributed by atoms with Gasteiger partial charge in [0.05, 0.1) is 0 Å². The van der Waals surface area contributed by atoms with Crippen LogP contribution in [-0.4, -0.2) is 0 Å². The van der Waals surface area contributed by atoms with Crippen molar-refractivity contribution in [3.8, 4) is 23.0 Å². The number of rotatable bonds is 8. The third-order valence-electron chi connectivity index (χ3n) is 10.8. The van der Waals surface area contributed by atoms with E-state index < -0.39 is 0 Å². The molecule has 0 unspecified atom stereocenters. The van der Waals surface area contributed by atoms with Crippen LogP contribution in [0.15, 0.2) is 60.7 Å². The van der Waals surface area contributed by atoms with E-state index in [1.54, 1.807) is 0 Å². The summed E-state index contributed by atoms with van der Waals surface area (Å²) in [6, 6.07) is 20.4. The number of ether oxygens (including phenoxy) is 2. The van der Waals surface area contributed by atoms with Crippen molar-refractivity contribution >= 4 is 11.4 Å². The first-order chi connectivity index (χ1) is 22.2. The van der Waals surface area contributed by atoms with Gasteiger partial charge in [-0.1, -0.05) is 57.6 Å². The molecule has 0 atom stereocenters. The molecule has 0 aromatic heterocycles. The molecule has 0 heterocycles. The average molecular weight is 617 g/mol. The predicted octanol–water partition coefficient (Wildman–Crippen LogP) is 11.9. The Balaban J connectivity index is 1.45. The van der Waals surface area contributed by atoms with E-state index in [0.717, 1.165) is 34.4 Å². The largest absolute Gasteiger partial charge is 0.457 e. The normalized spacial score (nSPS) is 16.1. The fourth-order valence-electron chi connectivity index (χ4n) is 8.30. The van der Waals surface area contributed by atoms with Gasteiger partial charge in [0, 0.05) is 28.4 Å². The average Bonchev–Trinajstić information content (AvgIpc) is 3.07. The zero-order valence-electron chi connectivity index (χ0n) is 28.5. The molecule has 4 aromatic rings. The molecule has 0 saturated heterocycles. The number of nitrogens with two attached hydrogens (primary N) is 2. The summed E-state index contributed by atoms with van der Waals surface area (Å²) < 4.78 is 13.4. The van der Waals surface area contributed by atoms with Gasteiger partial charge < -0.3 is 20.9 Å². The van der Waals surface area contributed by atoms with Crippen LogP contribution < -0.4 is 20.9 Å². The molecule has 4 aromatic carbocycles. The van der Waals surface area contributed by atoms with Crippen molar-refractivity contribution in [2.45, 2.75) is 117 Å². The van der Waals surface area contributed by atoms with Crippen molar-refractivity contribution in [3.63, 3.8) is 0 Å². The summed E-state index contributed by atoms with van der Waals surface area (Å²) in [6.07, 6.45) is 12.7. The summed E-state index contributed by atoms with van der Waals surface area (Å²) in [5, 5.41) is 0. The highest BCUT2D eigenvalue weighted by molar-refractivity contribution is 5.60. The highest BCUT2D eigenvalue weighted by Gasteiger charge is 2.30. The molecule has 4 heteroatoms. The molecule has 242 valence electrons. The standard InChI is InChI=1S/C42H52N2O2/c1-26-24-37(29(4)39(31-12-8-6-9-13-31)41(26)45-35-20-16-33(43)17-21-35)28(3)38-25-27(2)42(46-36-22-18-34(44)19-23-36)40(30(38)5)32-14-10-7-11-15-32/h16-25,28,31-32H,6-15,43-44H2,1-5H3. The molecule has 0 radical (unpaired) electrons. The topological polar surface area (TPSA) is 70.5 Å². The number of benzene rings is 4. The lowest BCUT2D eigenvalue weighted by Crippen LogP contribution is -2.14. The first-order valence-electron chi connectivity index (χ1n) is 17.6. The van der Waals surface area contributed by atoms with Crippen LogP contribution in [0.4, 0.5) is 11.4 Å². The molecule has 0 aliphatic heterocycles. The Hall–Kier alpha value is -3.92. The Bertz CT molecular complexity index is 1540. The molecular formula is C42H52N2O2. The number of hydrogen-bond acceptors (Lipinski definition) is 4. The molecule has 4 N–H and O–H groups in total. The van der Waals surface area contributed by atoms with Gasteiger partial charge in [-0.25, -0.2) is 0 Å². The van der Waals surface area contributed by atoms with Gasteiger partial charge in [0.15, 0.2) is 0 Å². The monoisotopic (exact) mass is 616 g/mol. The Morgan fingerprint density at radius 3 is 1.24 bits per heavy atom. The summed E-state index contributed by atoms with van der Waals surface area (Å²) >= 11 is 0. The quantitative estimate of drug-likeness (QED) is 0.193. The van der Waals surface area contributed by atoms with E-state index in [-0.39, 0.29) is 5.92 Å². The number of anilines is 2. The second-order valence-electron chi connectivity index (χ2n) is 14.0. The summed E-state index contributed by atoms with van der Waals surface area (Å²) in [5.41, 5.74) is 24.3. The highest BCUT2D eigenvalue weighted by atomic mass is 16.5. The maximum Gasteiger partial charge on any atom is 0.134 e. The van der Waals surface area contributed by atoms with Gasteiger partial charge in [0.25, 0.3) is 0 Å². The van der Waals surface area contributed by atoms with E-state index in [2.05, 4.69) is 46.8 Å². The molecular weight excluding hydrogens is 564 g/mol. The van der Waals surface area contributed by atoms with Crippen molar-refractivity contribution in [1.82, 2.24) is 0 Å². The van der Waals surface area contributed by atoms with Crippen LogP contribution in [0, 0.1) is 27.7 Å². The van der Waals surface area contributed by atoms with Gasteiger partial charge in [0.1, 0.15) is 23.0 Å². The minimum absolute atomic E-state index is 0.234. The van der Waals surface area contributed by atoms with Gasteiger partial charge in [-0.15, -0.1) is 0 Å². The molecule has 0 spiro atoms. The van der Waals surface area contributed by atoms with Crippen molar-refractivity contribution in [2.75, 3.05) is 11.5 Å². The Kier molecular flexibility index (Phi) is 9.63. The van der Waals surface area contributed by atoms with E-state index >= 15 is 0 Å². The van der Waals surface area contributed by atoms with E-state index in [1.165, 1.54) is 109 Å². The fourth-order valence-corrected chi connectivity index (χ4v) is 8.30. The van der Waals surface area contributed by atoms with Gasteiger partial charge >= 0.3 is 0 Å². The molecule has 2 fully saturated rings. The van der Waals surface area contributed by atoms with Crippen LogP contribution in [0.3, 0.4) is 0 Å². The Labute approximate surface area is 276 Å². The summed E-state index contributed by atoms with van der Waals surface area (Å²) in [6.45, 7) is 11.5. The molecule has 46 heavy (non-hydrogen) atoms. The fraction of sp³-hybridized carbons (Fsp3) is 0.429. The van der Waals surface area contributed by atoms with Gasteiger partial charge in [-0.3, -0.25) is 0 Å². The molecule has 2 saturated carbocycles. The van der Waals surface area contributed by atoms with Gasteiger partial charge in [-0.05, 0) is 147 Å². The minimum atomic E-state index is 0.234. The molecule has 2 aliphatic carbocycles. The van der Waals surface area contributed by atoms with Crippen molar-refractivity contribution < 1.29 is 9.47 Å². The number of nitrogen functional groups attached to an aromatic ring is 2. The maximum atomic E-state index is 6.71. The summed E-state index contributed by atoms with van der Waals surface area (Å²) in [4.78, 5) is 0. The van der Waals surface area contributed by atoms with E-state index in [9.17, 15) is 0 Å². The molecule has 0 amide bonds. The minimum Gasteiger partial charge on any atom is -0.457 e. The molecule has 0 bridgehead atoms. The first kappa shape index (κ1) is 32.0. The Morgan fingerprint density at radius 1 is 0.543 bits per heavy atom. The summed E-state index contributed by atoms with van der Waals surface area (Å²) in [7, 11) is 0.